The smallest absolute Gasteiger partial charge is 0.274 e. The van der Waals surface area contributed by atoms with E-state index in [1.54, 1.807) is 47.4 Å². The summed E-state index contributed by atoms with van der Waals surface area (Å²) in [5.74, 6) is 0.292. The normalized spacial score (nSPS) is 14.0. The largest absolute Gasteiger partial charge is 0.494 e. The fraction of sp³-hybridized carbons (Fsp3) is 0.350. The van der Waals surface area contributed by atoms with Crippen molar-refractivity contribution in [1.29, 1.82) is 0 Å². The van der Waals surface area contributed by atoms with Crippen LogP contribution < -0.4 is 10.1 Å². The highest BCUT2D eigenvalue weighted by atomic mass is 16.5. The summed E-state index contributed by atoms with van der Waals surface area (Å²) in [5, 5.41) is 2.79. The summed E-state index contributed by atoms with van der Waals surface area (Å²) >= 11 is 0. The average molecular weight is 353 g/mol. The molecule has 2 amide bonds. The Morgan fingerprint density at radius 2 is 1.73 bits per heavy atom. The molecular weight excluding hydrogens is 330 g/mol. The molecule has 1 fully saturated rings. The van der Waals surface area contributed by atoms with Crippen LogP contribution in [0, 0.1) is 0 Å². The van der Waals surface area contributed by atoms with Crippen LogP contribution in [-0.4, -0.2) is 41.4 Å². The number of carbonyl (C=O) groups excluding carboxylic acids is 2. The molecule has 1 N–H and O–H groups in total. The van der Waals surface area contributed by atoms with Gasteiger partial charge in [-0.15, -0.1) is 0 Å². The summed E-state index contributed by atoms with van der Waals surface area (Å²) in [4.78, 5) is 31.1. The molecule has 2 aromatic rings. The van der Waals surface area contributed by atoms with Gasteiger partial charge in [0, 0.05) is 18.8 Å². The van der Waals surface area contributed by atoms with Gasteiger partial charge < -0.3 is 15.0 Å². The van der Waals surface area contributed by atoms with Crippen LogP contribution in [0.3, 0.4) is 0 Å². The second-order valence-electron chi connectivity index (χ2n) is 6.17. The number of nitrogens with one attached hydrogen (secondary N) is 1. The zero-order chi connectivity index (χ0) is 18.4. The Bertz CT molecular complexity index is 768. The van der Waals surface area contributed by atoms with E-state index in [0.29, 0.717) is 18.0 Å². The van der Waals surface area contributed by atoms with Crippen LogP contribution >= 0.6 is 0 Å². The topological polar surface area (TPSA) is 71.5 Å². The van der Waals surface area contributed by atoms with Gasteiger partial charge in [0.25, 0.3) is 11.8 Å². The molecule has 0 spiro atoms. The predicted octanol–water partition coefficient (Wildman–Crippen LogP) is 3.36. The standard InChI is InChI=1S/C20H23N3O3/c1-2-26-16-11-9-15(10-12-16)21-19(24)17-7-6-8-18(22-17)20(25)23-13-4-3-5-14-23/h6-12H,2-5,13-14H2,1H3,(H,21,24). The Balaban J connectivity index is 1.68. The summed E-state index contributed by atoms with van der Waals surface area (Å²) in [6.45, 7) is 4.01. The molecule has 3 rings (SSSR count). The van der Waals surface area contributed by atoms with Gasteiger partial charge in [-0.2, -0.15) is 0 Å². The number of anilines is 1. The first-order chi connectivity index (χ1) is 12.7. The van der Waals surface area contributed by atoms with Crippen molar-refractivity contribution < 1.29 is 14.3 Å². The molecule has 0 atom stereocenters. The second-order valence-corrected chi connectivity index (χ2v) is 6.17. The summed E-state index contributed by atoms with van der Waals surface area (Å²) in [7, 11) is 0. The molecule has 6 heteroatoms. The Kier molecular flexibility index (Phi) is 5.84. The van der Waals surface area contributed by atoms with Crippen molar-refractivity contribution >= 4 is 17.5 Å². The number of carbonyl (C=O) groups is 2. The lowest BCUT2D eigenvalue weighted by atomic mass is 10.1. The number of ether oxygens (including phenoxy) is 1. The van der Waals surface area contributed by atoms with Crippen LogP contribution in [0.5, 0.6) is 5.75 Å². The summed E-state index contributed by atoms with van der Waals surface area (Å²) in [5.41, 5.74) is 1.18. The number of aromatic nitrogens is 1. The number of hydrogen-bond donors (Lipinski definition) is 1. The molecule has 0 bridgehead atoms. The van der Waals surface area contributed by atoms with Crippen molar-refractivity contribution in [3.05, 3.63) is 53.9 Å². The first-order valence-corrected chi connectivity index (χ1v) is 8.98. The van der Waals surface area contributed by atoms with E-state index in [0.717, 1.165) is 38.1 Å². The number of nitrogens with zero attached hydrogens (tertiary/aromatic N) is 2. The number of benzene rings is 1. The third kappa shape index (κ3) is 4.39. The lowest BCUT2D eigenvalue weighted by Crippen LogP contribution is -2.36. The second kappa shape index (κ2) is 8.47. The van der Waals surface area contributed by atoms with Crippen molar-refractivity contribution in [1.82, 2.24) is 9.88 Å². The molecular formula is C20H23N3O3. The lowest BCUT2D eigenvalue weighted by molar-refractivity contribution is 0.0718. The molecule has 0 unspecified atom stereocenters. The van der Waals surface area contributed by atoms with Crippen molar-refractivity contribution in [2.24, 2.45) is 0 Å². The van der Waals surface area contributed by atoms with E-state index in [4.69, 9.17) is 4.74 Å². The van der Waals surface area contributed by atoms with Crippen LogP contribution in [0.25, 0.3) is 0 Å². The van der Waals surface area contributed by atoms with Crippen LogP contribution in [0.4, 0.5) is 5.69 Å². The quantitative estimate of drug-likeness (QED) is 0.895. The fourth-order valence-electron chi connectivity index (χ4n) is 2.94. The zero-order valence-corrected chi connectivity index (χ0v) is 14.9. The Labute approximate surface area is 153 Å². The maximum Gasteiger partial charge on any atom is 0.274 e. The van der Waals surface area contributed by atoms with Gasteiger partial charge in [-0.05, 0) is 62.6 Å². The molecule has 1 aromatic heterocycles. The minimum Gasteiger partial charge on any atom is -0.494 e. The van der Waals surface area contributed by atoms with Crippen molar-refractivity contribution in [3.63, 3.8) is 0 Å². The van der Waals surface area contributed by atoms with Gasteiger partial charge in [-0.25, -0.2) is 4.98 Å². The highest BCUT2D eigenvalue weighted by molar-refractivity contribution is 6.03. The van der Waals surface area contributed by atoms with Gasteiger partial charge in [-0.3, -0.25) is 9.59 Å². The summed E-state index contributed by atoms with van der Waals surface area (Å²) in [6, 6.07) is 12.1. The number of amides is 2. The molecule has 0 saturated carbocycles. The van der Waals surface area contributed by atoms with Crippen molar-refractivity contribution in [2.45, 2.75) is 26.2 Å². The first kappa shape index (κ1) is 17.9. The van der Waals surface area contributed by atoms with Gasteiger partial charge in [0.2, 0.25) is 0 Å². The third-order valence-corrected chi connectivity index (χ3v) is 4.27. The number of piperidine rings is 1. The van der Waals surface area contributed by atoms with E-state index < -0.39 is 0 Å². The van der Waals surface area contributed by atoms with Crippen molar-refractivity contribution in [2.75, 3.05) is 25.0 Å². The SMILES string of the molecule is CCOc1ccc(NC(=O)c2cccc(C(=O)N3CCCCC3)n2)cc1. The molecule has 1 saturated heterocycles. The highest BCUT2D eigenvalue weighted by Crippen LogP contribution is 2.17. The van der Waals surface area contributed by atoms with Gasteiger partial charge in [0.05, 0.1) is 6.61 Å². The number of rotatable bonds is 5. The maximum absolute atomic E-state index is 12.5. The Morgan fingerprint density at radius 3 is 2.42 bits per heavy atom. The molecule has 2 heterocycles. The van der Waals surface area contributed by atoms with Gasteiger partial charge >= 0.3 is 0 Å². The van der Waals surface area contributed by atoms with Crippen LogP contribution in [0.1, 0.15) is 47.2 Å². The lowest BCUT2D eigenvalue weighted by Gasteiger charge is -2.26. The van der Waals surface area contributed by atoms with Gasteiger partial charge in [0.1, 0.15) is 17.1 Å². The molecule has 1 aliphatic rings. The number of likely N-dealkylation sites (tertiary alicyclic amines) is 1. The Hall–Kier alpha value is -2.89. The molecule has 1 aliphatic heterocycles. The predicted molar refractivity (Wildman–Crippen MR) is 99.6 cm³/mol. The monoisotopic (exact) mass is 353 g/mol. The minimum atomic E-state index is -0.345. The molecule has 136 valence electrons. The highest BCUT2D eigenvalue weighted by Gasteiger charge is 2.20. The van der Waals surface area contributed by atoms with E-state index in [9.17, 15) is 9.59 Å². The Morgan fingerprint density at radius 1 is 1.04 bits per heavy atom. The first-order valence-electron chi connectivity index (χ1n) is 8.98. The maximum atomic E-state index is 12.5. The van der Waals surface area contributed by atoms with Gasteiger partial charge in [-0.1, -0.05) is 6.07 Å². The van der Waals surface area contributed by atoms with Crippen LogP contribution in [-0.2, 0) is 0 Å². The van der Waals surface area contributed by atoms with Gasteiger partial charge in [0.15, 0.2) is 0 Å². The molecule has 0 aliphatic carbocycles. The van der Waals surface area contributed by atoms with Crippen molar-refractivity contribution in [3.8, 4) is 5.75 Å². The van der Waals surface area contributed by atoms with E-state index in [1.807, 2.05) is 6.92 Å². The van der Waals surface area contributed by atoms with Crippen LogP contribution in [0.15, 0.2) is 42.5 Å². The van der Waals surface area contributed by atoms with E-state index in [2.05, 4.69) is 10.3 Å². The molecule has 26 heavy (non-hydrogen) atoms. The molecule has 0 radical (unpaired) electrons. The minimum absolute atomic E-state index is 0.111. The average Bonchev–Trinajstić information content (AvgIpc) is 2.70. The number of hydrogen-bond acceptors (Lipinski definition) is 4. The summed E-state index contributed by atoms with van der Waals surface area (Å²) in [6.07, 6.45) is 3.19. The summed E-state index contributed by atoms with van der Waals surface area (Å²) < 4.78 is 5.38. The van der Waals surface area contributed by atoms with E-state index in [1.165, 1.54) is 0 Å². The third-order valence-electron chi connectivity index (χ3n) is 4.27. The van der Waals surface area contributed by atoms with E-state index in [-0.39, 0.29) is 17.5 Å². The zero-order valence-electron chi connectivity index (χ0n) is 14.9. The molecule has 6 nitrogen and oxygen atoms in total. The van der Waals surface area contributed by atoms with Crippen LogP contribution in [0.2, 0.25) is 0 Å². The fourth-order valence-corrected chi connectivity index (χ4v) is 2.94. The molecule has 1 aromatic carbocycles. The number of pyridine rings is 1. The van der Waals surface area contributed by atoms with E-state index >= 15 is 0 Å².